The molecule has 1 aliphatic carbocycles. The summed E-state index contributed by atoms with van der Waals surface area (Å²) in [5.41, 5.74) is -0.504. The predicted octanol–water partition coefficient (Wildman–Crippen LogP) is 1.45. The fourth-order valence-electron chi connectivity index (χ4n) is 2.25. The Hall–Kier alpha value is -1.71. The quantitative estimate of drug-likeness (QED) is 0.822. The number of rotatable bonds is 6. The Bertz CT molecular complexity index is 668. The molecule has 0 bridgehead atoms. The van der Waals surface area contributed by atoms with E-state index < -0.39 is 32.7 Å². The zero-order valence-corrected chi connectivity index (χ0v) is 13.1. The molecule has 0 radical (unpaired) electrons. The lowest BCUT2D eigenvalue weighted by atomic mass is 10.3. The van der Waals surface area contributed by atoms with Gasteiger partial charge in [0.1, 0.15) is 5.69 Å². The zero-order valence-electron chi connectivity index (χ0n) is 12.3. The molecule has 0 aromatic carbocycles. The van der Waals surface area contributed by atoms with Crippen molar-refractivity contribution in [3.63, 3.8) is 0 Å². The van der Waals surface area contributed by atoms with Crippen molar-refractivity contribution in [2.75, 3.05) is 17.6 Å². The van der Waals surface area contributed by atoms with Gasteiger partial charge in [-0.15, -0.1) is 0 Å². The lowest BCUT2D eigenvalue weighted by Gasteiger charge is -2.16. The minimum atomic E-state index is -3.25. The second-order valence-corrected chi connectivity index (χ2v) is 7.93. The summed E-state index contributed by atoms with van der Waals surface area (Å²) < 4.78 is 49.6. The SMILES string of the molecule is CCS(=O)(=O)C1(CNC(=O)Nc2cnn(C)c2C(F)F)CC1. The molecule has 0 aliphatic heterocycles. The van der Waals surface area contributed by atoms with Gasteiger partial charge in [0.2, 0.25) is 0 Å². The van der Waals surface area contributed by atoms with E-state index in [0.29, 0.717) is 12.8 Å². The maximum Gasteiger partial charge on any atom is 0.319 e. The maximum absolute atomic E-state index is 12.8. The van der Waals surface area contributed by atoms with E-state index in [1.165, 1.54) is 7.05 Å². The second kappa shape index (κ2) is 5.82. The minimum Gasteiger partial charge on any atom is -0.336 e. The molecule has 7 nitrogen and oxygen atoms in total. The van der Waals surface area contributed by atoms with Crippen LogP contribution >= 0.6 is 0 Å². The van der Waals surface area contributed by atoms with Crippen LogP contribution in [0.3, 0.4) is 0 Å². The van der Waals surface area contributed by atoms with Gasteiger partial charge < -0.3 is 10.6 Å². The number of anilines is 1. The molecule has 0 unspecified atom stereocenters. The van der Waals surface area contributed by atoms with Crippen LogP contribution in [-0.4, -0.2) is 41.3 Å². The first-order valence-corrected chi connectivity index (χ1v) is 8.45. The Kier molecular flexibility index (Phi) is 4.41. The summed E-state index contributed by atoms with van der Waals surface area (Å²) in [4.78, 5) is 11.8. The van der Waals surface area contributed by atoms with Gasteiger partial charge in [-0.25, -0.2) is 22.0 Å². The van der Waals surface area contributed by atoms with Crippen LogP contribution in [0.5, 0.6) is 0 Å². The molecule has 2 amide bonds. The van der Waals surface area contributed by atoms with E-state index >= 15 is 0 Å². The minimum absolute atomic E-state index is 0.00837. The Morgan fingerprint density at radius 3 is 2.64 bits per heavy atom. The van der Waals surface area contributed by atoms with Crippen LogP contribution in [0.1, 0.15) is 31.9 Å². The van der Waals surface area contributed by atoms with Crippen LogP contribution in [0, 0.1) is 0 Å². The molecule has 2 rings (SSSR count). The van der Waals surface area contributed by atoms with E-state index in [-0.39, 0.29) is 18.0 Å². The van der Waals surface area contributed by atoms with Gasteiger partial charge in [0, 0.05) is 19.3 Å². The molecule has 1 saturated carbocycles. The number of urea groups is 1. The monoisotopic (exact) mass is 336 g/mol. The number of halogens is 2. The van der Waals surface area contributed by atoms with Gasteiger partial charge in [-0.05, 0) is 12.8 Å². The third-order valence-corrected chi connectivity index (χ3v) is 6.49. The van der Waals surface area contributed by atoms with Crippen LogP contribution in [-0.2, 0) is 16.9 Å². The summed E-state index contributed by atoms with van der Waals surface area (Å²) in [5.74, 6) is 0.00837. The first-order valence-electron chi connectivity index (χ1n) is 6.79. The first-order chi connectivity index (χ1) is 10.2. The van der Waals surface area contributed by atoms with Crippen molar-refractivity contribution in [3.8, 4) is 0 Å². The summed E-state index contributed by atoms with van der Waals surface area (Å²) in [7, 11) is -1.91. The molecule has 0 saturated heterocycles. The zero-order chi connectivity index (χ0) is 16.5. The van der Waals surface area contributed by atoms with Crippen LogP contribution in [0.25, 0.3) is 0 Å². The predicted molar refractivity (Wildman–Crippen MR) is 76.6 cm³/mol. The molecule has 1 aromatic rings. The van der Waals surface area contributed by atoms with Crippen molar-refractivity contribution in [1.82, 2.24) is 15.1 Å². The number of sulfone groups is 1. The maximum atomic E-state index is 12.8. The van der Waals surface area contributed by atoms with Crippen molar-refractivity contribution in [2.24, 2.45) is 7.05 Å². The Labute approximate surface area is 127 Å². The van der Waals surface area contributed by atoms with Gasteiger partial charge in [-0.3, -0.25) is 4.68 Å². The lowest BCUT2D eigenvalue weighted by molar-refractivity contribution is 0.141. The fourth-order valence-corrected chi connectivity index (χ4v) is 3.88. The van der Waals surface area contributed by atoms with E-state index in [9.17, 15) is 22.0 Å². The molecular weight excluding hydrogens is 318 g/mol. The van der Waals surface area contributed by atoms with Gasteiger partial charge in [-0.2, -0.15) is 5.10 Å². The molecule has 1 fully saturated rings. The van der Waals surface area contributed by atoms with Gasteiger partial charge in [0.15, 0.2) is 9.84 Å². The van der Waals surface area contributed by atoms with Crippen molar-refractivity contribution in [3.05, 3.63) is 11.9 Å². The van der Waals surface area contributed by atoms with Crippen LogP contribution < -0.4 is 10.6 Å². The molecule has 124 valence electrons. The average Bonchev–Trinajstić information content (AvgIpc) is 3.16. The lowest BCUT2D eigenvalue weighted by Crippen LogP contribution is -2.41. The summed E-state index contributed by atoms with van der Waals surface area (Å²) in [6, 6.07) is -0.729. The Balaban J connectivity index is 1.98. The highest BCUT2D eigenvalue weighted by molar-refractivity contribution is 7.93. The number of aromatic nitrogens is 2. The van der Waals surface area contributed by atoms with Gasteiger partial charge in [-0.1, -0.05) is 6.92 Å². The highest BCUT2D eigenvalue weighted by Gasteiger charge is 2.53. The molecular formula is C12H18F2N4O3S. The molecule has 0 spiro atoms. The first kappa shape index (κ1) is 16.7. The average molecular weight is 336 g/mol. The van der Waals surface area contributed by atoms with E-state index in [1.807, 2.05) is 0 Å². The number of alkyl halides is 2. The Morgan fingerprint density at radius 1 is 1.50 bits per heavy atom. The summed E-state index contributed by atoms with van der Waals surface area (Å²) in [6.07, 6.45) is -0.661. The number of carbonyl (C=O) groups is 1. The van der Waals surface area contributed by atoms with Crippen molar-refractivity contribution >= 4 is 21.6 Å². The number of nitrogens with one attached hydrogen (secondary N) is 2. The highest BCUT2D eigenvalue weighted by atomic mass is 32.2. The Morgan fingerprint density at radius 2 is 2.14 bits per heavy atom. The summed E-state index contributed by atoms with van der Waals surface area (Å²) >= 11 is 0. The smallest absolute Gasteiger partial charge is 0.319 e. The molecule has 2 N–H and O–H groups in total. The summed E-state index contributed by atoms with van der Waals surface area (Å²) in [5, 5.41) is 8.38. The molecule has 1 heterocycles. The molecule has 1 aliphatic rings. The van der Waals surface area contributed by atoms with E-state index in [4.69, 9.17) is 0 Å². The van der Waals surface area contributed by atoms with E-state index in [2.05, 4.69) is 15.7 Å². The molecule has 22 heavy (non-hydrogen) atoms. The van der Waals surface area contributed by atoms with Gasteiger partial charge in [0.25, 0.3) is 6.43 Å². The third kappa shape index (κ3) is 3.06. The number of carbonyl (C=O) groups excluding carboxylic acids is 1. The number of amides is 2. The second-order valence-electron chi connectivity index (χ2n) is 5.26. The van der Waals surface area contributed by atoms with Crippen molar-refractivity contribution < 1.29 is 22.0 Å². The third-order valence-electron chi connectivity index (χ3n) is 3.86. The highest BCUT2D eigenvalue weighted by Crippen LogP contribution is 2.43. The van der Waals surface area contributed by atoms with Gasteiger partial charge in [0.05, 0.1) is 16.6 Å². The topological polar surface area (TPSA) is 93.1 Å². The van der Waals surface area contributed by atoms with Crippen molar-refractivity contribution in [1.29, 1.82) is 0 Å². The molecule has 1 aromatic heterocycles. The fraction of sp³-hybridized carbons (Fsp3) is 0.667. The largest absolute Gasteiger partial charge is 0.336 e. The van der Waals surface area contributed by atoms with E-state index in [1.54, 1.807) is 6.92 Å². The number of hydrogen-bond acceptors (Lipinski definition) is 4. The van der Waals surface area contributed by atoms with E-state index in [0.717, 1.165) is 10.9 Å². The standard InChI is InChI=1S/C12H18F2N4O3S/c1-3-22(20,21)12(4-5-12)7-15-11(19)17-8-6-16-18(2)9(8)10(13)14/h6,10H,3-5,7H2,1-2H3,(H2,15,17,19). The normalized spacial score (nSPS) is 16.6. The number of hydrogen-bond donors (Lipinski definition) is 2. The van der Waals surface area contributed by atoms with Crippen LogP contribution in [0.15, 0.2) is 6.20 Å². The molecule has 10 heteroatoms. The number of nitrogens with zero attached hydrogens (tertiary/aromatic N) is 2. The van der Waals surface area contributed by atoms with Crippen molar-refractivity contribution in [2.45, 2.75) is 30.9 Å². The summed E-state index contributed by atoms with van der Waals surface area (Å²) in [6.45, 7) is 1.53. The van der Waals surface area contributed by atoms with Crippen LogP contribution in [0.4, 0.5) is 19.3 Å². The molecule has 0 atom stereocenters. The number of aryl methyl sites for hydroxylation is 1. The van der Waals surface area contributed by atoms with Crippen LogP contribution in [0.2, 0.25) is 0 Å². The van der Waals surface area contributed by atoms with Gasteiger partial charge >= 0.3 is 6.03 Å².